The third kappa shape index (κ3) is 5.43. The Morgan fingerprint density at radius 1 is 0.348 bits per heavy atom. The molecule has 222 valence electrons. The first-order valence-electron chi connectivity index (χ1n) is 16.6. The third-order valence-electron chi connectivity index (χ3n) is 9.96. The Morgan fingerprint density at radius 2 is 0.826 bits per heavy atom. The first-order chi connectivity index (χ1) is 22.7. The van der Waals surface area contributed by atoms with Crippen molar-refractivity contribution in [2.45, 2.75) is 37.5 Å². The van der Waals surface area contributed by atoms with Crippen LogP contribution < -0.4 is 0 Å². The number of nitrogens with zero attached hydrogens (tertiary/aromatic N) is 1. The van der Waals surface area contributed by atoms with Crippen LogP contribution in [0.15, 0.2) is 164 Å². The van der Waals surface area contributed by atoms with Crippen LogP contribution in [0.2, 0.25) is 0 Å². The zero-order valence-electron chi connectivity index (χ0n) is 26.1. The summed E-state index contributed by atoms with van der Waals surface area (Å²) in [6.45, 7) is 0. The maximum atomic E-state index is 5.17. The number of rotatable bonds is 6. The van der Waals surface area contributed by atoms with Gasteiger partial charge in [-0.15, -0.1) is 0 Å². The quantitative estimate of drug-likeness (QED) is 0.187. The summed E-state index contributed by atoms with van der Waals surface area (Å²) in [6.07, 6.45) is 6.20. The number of hydrogen-bond acceptors (Lipinski definition) is 1. The molecule has 1 aliphatic carbocycles. The molecule has 0 amide bonds. The fourth-order valence-corrected chi connectivity index (χ4v) is 7.44. The molecule has 1 nitrogen and oxygen atoms in total. The normalized spacial score (nSPS) is 14.3. The Kier molecular flexibility index (Phi) is 7.52. The van der Waals surface area contributed by atoms with Crippen LogP contribution in [0.1, 0.15) is 43.2 Å². The first kappa shape index (κ1) is 28.2. The van der Waals surface area contributed by atoms with Crippen LogP contribution in [0, 0.1) is 0 Å². The second-order valence-electron chi connectivity index (χ2n) is 12.7. The minimum Gasteiger partial charge on any atom is -0.248 e. The van der Waals surface area contributed by atoms with Crippen LogP contribution in [0.3, 0.4) is 0 Å². The summed E-state index contributed by atoms with van der Waals surface area (Å²) >= 11 is 0. The smallest absolute Gasteiger partial charge is 0.0715 e. The van der Waals surface area contributed by atoms with Crippen molar-refractivity contribution in [2.24, 2.45) is 0 Å². The predicted octanol–water partition coefficient (Wildman–Crippen LogP) is 12.2. The molecule has 46 heavy (non-hydrogen) atoms. The molecule has 0 unspecified atom stereocenters. The highest BCUT2D eigenvalue weighted by molar-refractivity contribution is 5.87. The fourth-order valence-electron chi connectivity index (χ4n) is 7.44. The molecule has 0 spiro atoms. The van der Waals surface area contributed by atoms with E-state index >= 15 is 0 Å². The molecule has 0 atom stereocenters. The van der Waals surface area contributed by atoms with Gasteiger partial charge in [0.15, 0.2) is 0 Å². The lowest BCUT2D eigenvalue weighted by Gasteiger charge is -2.39. The van der Waals surface area contributed by atoms with E-state index < -0.39 is 0 Å². The highest BCUT2D eigenvalue weighted by atomic mass is 14.7. The van der Waals surface area contributed by atoms with Gasteiger partial charge in [0.1, 0.15) is 0 Å². The van der Waals surface area contributed by atoms with Gasteiger partial charge in [-0.1, -0.05) is 165 Å². The minimum absolute atomic E-state index is 0.0349. The van der Waals surface area contributed by atoms with Crippen molar-refractivity contribution in [3.8, 4) is 44.8 Å². The summed E-state index contributed by atoms with van der Waals surface area (Å²) in [5.74, 6) is 0. The number of hydrogen-bond donors (Lipinski definition) is 0. The lowest BCUT2D eigenvalue weighted by molar-refractivity contribution is 0.346. The van der Waals surface area contributed by atoms with Gasteiger partial charge >= 0.3 is 0 Å². The van der Waals surface area contributed by atoms with Crippen molar-refractivity contribution < 1.29 is 0 Å². The largest absolute Gasteiger partial charge is 0.248 e. The Balaban J connectivity index is 1.15. The number of fused-ring (bicyclic) bond motifs is 1. The third-order valence-corrected chi connectivity index (χ3v) is 9.96. The molecule has 1 saturated carbocycles. The maximum absolute atomic E-state index is 5.17. The predicted molar refractivity (Wildman–Crippen MR) is 194 cm³/mol. The van der Waals surface area contributed by atoms with E-state index in [1.807, 2.05) is 0 Å². The van der Waals surface area contributed by atoms with Gasteiger partial charge < -0.3 is 0 Å². The summed E-state index contributed by atoms with van der Waals surface area (Å²) in [6, 6.07) is 59.7. The zero-order valence-corrected chi connectivity index (χ0v) is 26.1. The van der Waals surface area contributed by atoms with E-state index in [9.17, 15) is 0 Å². The van der Waals surface area contributed by atoms with Gasteiger partial charge in [0.05, 0.1) is 11.4 Å². The SMILES string of the molecule is c1ccc(-c2cc(-c3ccccc3)nc(-c3ccc(C4(c5ccc(-c6ccc7ccccc7c6)cc5)CCCCC4)cc3)c2)cc1. The summed E-state index contributed by atoms with van der Waals surface area (Å²) in [5.41, 5.74) is 12.1. The van der Waals surface area contributed by atoms with E-state index in [4.69, 9.17) is 4.98 Å². The lowest BCUT2D eigenvalue weighted by atomic mass is 9.65. The van der Waals surface area contributed by atoms with Gasteiger partial charge in [0.2, 0.25) is 0 Å². The van der Waals surface area contributed by atoms with Crippen LogP contribution >= 0.6 is 0 Å². The molecule has 7 aromatic rings. The molecule has 6 aromatic carbocycles. The van der Waals surface area contributed by atoms with Crippen molar-refractivity contribution in [3.63, 3.8) is 0 Å². The van der Waals surface area contributed by atoms with Crippen molar-refractivity contribution in [1.29, 1.82) is 0 Å². The molecule has 0 saturated heterocycles. The van der Waals surface area contributed by atoms with Crippen molar-refractivity contribution in [3.05, 3.63) is 175 Å². The van der Waals surface area contributed by atoms with E-state index in [1.54, 1.807) is 0 Å². The molecule has 0 bridgehead atoms. The van der Waals surface area contributed by atoms with E-state index in [0.717, 1.165) is 22.5 Å². The van der Waals surface area contributed by atoms with Crippen molar-refractivity contribution in [2.75, 3.05) is 0 Å². The first-order valence-corrected chi connectivity index (χ1v) is 16.6. The number of benzene rings is 6. The van der Waals surface area contributed by atoms with E-state index in [0.29, 0.717) is 0 Å². The highest BCUT2D eigenvalue weighted by Gasteiger charge is 2.35. The van der Waals surface area contributed by atoms with Crippen molar-refractivity contribution in [1.82, 2.24) is 4.98 Å². The average Bonchev–Trinajstić information content (AvgIpc) is 3.15. The fraction of sp³-hybridized carbons (Fsp3) is 0.133. The Hall–Kier alpha value is -5.27. The maximum Gasteiger partial charge on any atom is 0.0715 e. The Morgan fingerprint density at radius 3 is 1.46 bits per heavy atom. The molecule has 0 N–H and O–H groups in total. The molecule has 1 aromatic heterocycles. The summed E-state index contributed by atoms with van der Waals surface area (Å²) < 4.78 is 0. The molecule has 1 fully saturated rings. The Labute approximate surface area is 272 Å². The second-order valence-corrected chi connectivity index (χ2v) is 12.7. The molecule has 1 heterocycles. The second kappa shape index (κ2) is 12.3. The summed E-state index contributed by atoms with van der Waals surface area (Å²) in [7, 11) is 0. The molecule has 1 heteroatoms. The summed E-state index contributed by atoms with van der Waals surface area (Å²) in [4.78, 5) is 5.17. The van der Waals surface area contributed by atoms with Crippen LogP contribution in [0.4, 0.5) is 0 Å². The average molecular weight is 592 g/mol. The Bertz CT molecular complexity index is 2030. The summed E-state index contributed by atoms with van der Waals surface area (Å²) in [5, 5.41) is 2.57. The van der Waals surface area contributed by atoms with E-state index in [-0.39, 0.29) is 5.41 Å². The van der Waals surface area contributed by atoms with Crippen molar-refractivity contribution >= 4 is 10.8 Å². The van der Waals surface area contributed by atoms with Gasteiger partial charge in [-0.25, -0.2) is 4.98 Å². The molecule has 0 radical (unpaired) electrons. The highest BCUT2D eigenvalue weighted by Crippen LogP contribution is 2.46. The molecular weight excluding hydrogens is 555 g/mol. The van der Waals surface area contributed by atoms with Gasteiger partial charge in [-0.05, 0) is 75.2 Å². The van der Waals surface area contributed by atoms with Gasteiger partial charge in [-0.3, -0.25) is 0 Å². The lowest BCUT2D eigenvalue weighted by Crippen LogP contribution is -2.30. The van der Waals surface area contributed by atoms with Gasteiger partial charge in [0.25, 0.3) is 0 Å². The van der Waals surface area contributed by atoms with Crippen LogP contribution in [-0.2, 0) is 5.41 Å². The van der Waals surface area contributed by atoms with E-state index in [1.165, 1.54) is 76.3 Å². The monoisotopic (exact) mass is 591 g/mol. The molecule has 8 rings (SSSR count). The van der Waals surface area contributed by atoms with Crippen LogP contribution in [-0.4, -0.2) is 4.98 Å². The van der Waals surface area contributed by atoms with E-state index in [2.05, 4.69) is 164 Å². The molecular formula is C45H37N. The standard InChI is InChI=1S/C45H37N/c1-4-12-33(13-5-1)40-31-43(36-15-6-2-7-16-36)46-44(32-40)37-22-26-42(27-23-37)45(28-10-3-11-29-45)41-24-20-35(21-25-41)39-19-18-34-14-8-9-17-38(34)30-39/h1-2,4-9,12-27,30-32H,3,10-11,28-29H2. The van der Waals surface area contributed by atoms with Gasteiger partial charge in [-0.2, -0.15) is 0 Å². The van der Waals surface area contributed by atoms with Gasteiger partial charge in [0, 0.05) is 16.5 Å². The topological polar surface area (TPSA) is 12.9 Å². The molecule has 0 aliphatic heterocycles. The molecule has 1 aliphatic rings. The number of pyridine rings is 1. The van der Waals surface area contributed by atoms with Crippen LogP contribution in [0.5, 0.6) is 0 Å². The zero-order chi connectivity index (χ0) is 30.8. The number of aromatic nitrogens is 1. The van der Waals surface area contributed by atoms with Crippen LogP contribution in [0.25, 0.3) is 55.5 Å². The minimum atomic E-state index is 0.0349.